The Morgan fingerprint density at radius 3 is 2.67 bits per heavy atom. The second-order valence-electron chi connectivity index (χ2n) is 4.24. The molecule has 0 N–H and O–H groups in total. The quantitative estimate of drug-likeness (QED) is 0.793. The Bertz CT molecular complexity index is 394. The number of hydrogen-bond donors (Lipinski definition) is 0. The predicted octanol–water partition coefficient (Wildman–Crippen LogP) is 2.29. The van der Waals surface area contributed by atoms with Crippen LogP contribution in [-0.4, -0.2) is 15.6 Å². The average molecular weight is 227 g/mol. The molecule has 82 valence electrons. The largest absolute Gasteiger partial charge is 0.299 e. The molecule has 0 saturated heterocycles. The second-order valence-corrected chi connectivity index (χ2v) is 4.62. The molecule has 1 aliphatic rings. The molecule has 3 nitrogen and oxygen atoms in total. The molecule has 0 atom stereocenters. The van der Waals surface area contributed by atoms with Crippen LogP contribution in [0.5, 0.6) is 0 Å². The molecule has 0 radical (unpaired) electrons. The van der Waals surface area contributed by atoms with Gasteiger partial charge in [-0.2, -0.15) is 5.10 Å². The van der Waals surface area contributed by atoms with E-state index in [0.717, 1.165) is 24.2 Å². The van der Waals surface area contributed by atoms with E-state index in [2.05, 4.69) is 5.10 Å². The summed E-state index contributed by atoms with van der Waals surface area (Å²) >= 11 is 6.09. The molecule has 2 rings (SSSR count). The highest BCUT2D eigenvalue weighted by Crippen LogP contribution is 2.29. The summed E-state index contributed by atoms with van der Waals surface area (Å²) in [5.74, 6) is 0.586. The molecule has 15 heavy (non-hydrogen) atoms. The van der Waals surface area contributed by atoms with Gasteiger partial charge in [-0.15, -0.1) is 0 Å². The Labute approximate surface area is 94.4 Å². The maximum atomic E-state index is 11.8. The molecule has 1 saturated carbocycles. The Morgan fingerprint density at radius 2 is 2.27 bits per heavy atom. The smallest absolute Gasteiger partial charge is 0.141 e. The number of carbonyl (C=O) groups excluding carboxylic acids is 1. The summed E-state index contributed by atoms with van der Waals surface area (Å²) in [7, 11) is 1.84. The van der Waals surface area contributed by atoms with Gasteiger partial charge in [-0.25, -0.2) is 0 Å². The zero-order chi connectivity index (χ0) is 11.0. The molecular formula is C11H15ClN2O. The number of aryl methyl sites for hydroxylation is 2. The number of hydrogen-bond acceptors (Lipinski definition) is 2. The third-order valence-electron chi connectivity index (χ3n) is 3.16. The molecule has 0 unspecified atom stereocenters. The summed E-state index contributed by atoms with van der Waals surface area (Å²) in [6, 6.07) is 0. The molecule has 1 fully saturated rings. The van der Waals surface area contributed by atoms with Gasteiger partial charge in [-0.05, 0) is 19.8 Å². The van der Waals surface area contributed by atoms with E-state index >= 15 is 0 Å². The van der Waals surface area contributed by atoms with E-state index in [9.17, 15) is 4.79 Å². The molecule has 0 aromatic carbocycles. The second kappa shape index (κ2) is 3.97. The summed E-state index contributed by atoms with van der Waals surface area (Å²) in [5, 5.41) is 4.84. The fourth-order valence-corrected chi connectivity index (χ4v) is 2.14. The first kappa shape index (κ1) is 10.7. The van der Waals surface area contributed by atoms with Gasteiger partial charge in [0.25, 0.3) is 0 Å². The van der Waals surface area contributed by atoms with Gasteiger partial charge in [0.05, 0.1) is 22.8 Å². The van der Waals surface area contributed by atoms with Gasteiger partial charge in [0, 0.05) is 13.0 Å². The van der Waals surface area contributed by atoms with Gasteiger partial charge < -0.3 is 0 Å². The summed E-state index contributed by atoms with van der Waals surface area (Å²) in [5.41, 5.74) is 1.65. The zero-order valence-electron chi connectivity index (χ0n) is 9.09. The minimum absolute atomic E-state index is 0.274. The summed E-state index contributed by atoms with van der Waals surface area (Å²) in [6.45, 7) is 1.86. The van der Waals surface area contributed by atoms with Crippen molar-refractivity contribution in [2.75, 3.05) is 0 Å². The lowest BCUT2D eigenvalue weighted by Crippen LogP contribution is -2.24. The van der Waals surface area contributed by atoms with E-state index in [4.69, 9.17) is 11.6 Å². The predicted molar refractivity (Wildman–Crippen MR) is 59.0 cm³/mol. The number of aromatic nitrogens is 2. The standard InChI is InChI=1S/C11H15ClN2O/c1-7-11(12)9(14(2)13-7)6-10(15)8-4-3-5-8/h8H,3-6H2,1-2H3. The lowest BCUT2D eigenvalue weighted by molar-refractivity contribution is -0.124. The van der Waals surface area contributed by atoms with Crippen molar-refractivity contribution in [2.45, 2.75) is 32.6 Å². The minimum atomic E-state index is 0.274. The van der Waals surface area contributed by atoms with Crippen molar-refractivity contribution in [3.8, 4) is 0 Å². The monoisotopic (exact) mass is 226 g/mol. The Kier molecular flexibility index (Phi) is 2.83. The van der Waals surface area contributed by atoms with E-state index in [0.29, 0.717) is 17.2 Å². The van der Waals surface area contributed by atoms with E-state index < -0.39 is 0 Å². The molecule has 0 spiro atoms. The van der Waals surface area contributed by atoms with Crippen LogP contribution in [-0.2, 0) is 18.3 Å². The Balaban J connectivity index is 2.12. The van der Waals surface area contributed by atoms with Crippen molar-refractivity contribution >= 4 is 17.4 Å². The molecule has 1 aliphatic carbocycles. The third-order valence-corrected chi connectivity index (χ3v) is 3.66. The lowest BCUT2D eigenvalue weighted by atomic mass is 9.81. The van der Waals surface area contributed by atoms with Gasteiger partial charge in [-0.3, -0.25) is 9.48 Å². The first-order valence-electron chi connectivity index (χ1n) is 5.30. The molecule has 1 heterocycles. The van der Waals surface area contributed by atoms with Crippen LogP contribution >= 0.6 is 11.6 Å². The van der Waals surface area contributed by atoms with Crippen LogP contribution in [0.1, 0.15) is 30.7 Å². The lowest BCUT2D eigenvalue weighted by Gasteiger charge is -2.23. The van der Waals surface area contributed by atoms with Crippen LogP contribution < -0.4 is 0 Å². The Hall–Kier alpha value is -0.830. The van der Waals surface area contributed by atoms with Crippen molar-refractivity contribution in [2.24, 2.45) is 13.0 Å². The molecule has 0 amide bonds. The van der Waals surface area contributed by atoms with Crippen molar-refractivity contribution < 1.29 is 4.79 Å². The zero-order valence-corrected chi connectivity index (χ0v) is 9.84. The highest BCUT2D eigenvalue weighted by Gasteiger charge is 2.26. The summed E-state index contributed by atoms with van der Waals surface area (Å²) in [4.78, 5) is 11.8. The molecule has 4 heteroatoms. The summed E-state index contributed by atoms with van der Waals surface area (Å²) in [6.07, 6.45) is 3.72. The van der Waals surface area contributed by atoms with Crippen molar-refractivity contribution in [3.05, 3.63) is 16.4 Å². The van der Waals surface area contributed by atoms with Gasteiger partial charge in [0.15, 0.2) is 0 Å². The van der Waals surface area contributed by atoms with Gasteiger partial charge in [-0.1, -0.05) is 18.0 Å². The number of ketones is 1. The maximum Gasteiger partial charge on any atom is 0.141 e. The van der Waals surface area contributed by atoms with Crippen LogP contribution in [0.4, 0.5) is 0 Å². The van der Waals surface area contributed by atoms with Gasteiger partial charge in [0.1, 0.15) is 5.78 Å². The number of nitrogens with zero attached hydrogens (tertiary/aromatic N) is 2. The van der Waals surface area contributed by atoms with Crippen LogP contribution in [0.2, 0.25) is 5.02 Å². The average Bonchev–Trinajstić information content (AvgIpc) is 2.29. The highest BCUT2D eigenvalue weighted by atomic mass is 35.5. The van der Waals surface area contributed by atoms with Crippen LogP contribution in [0, 0.1) is 12.8 Å². The van der Waals surface area contributed by atoms with Crippen LogP contribution in [0.25, 0.3) is 0 Å². The van der Waals surface area contributed by atoms with Crippen molar-refractivity contribution in [3.63, 3.8) is 0 Å². The SMILES string of the molecule is Cc1nn(C)c(CC(=O)C2CCC2)c1Cl. The minimum Gasteiger partial charge on any atom is -0.299 e. The maximum absolute atomic E-state index is 11.8. The fourth-order valence-electron chi connectivity index (χ4n) is 1.91. The van der Waals surface area contributed by atoms with Crippen molar-refractivity contribution in [1.82, 2.24) is 9.78 Å². The van der Waals surface area contributed by atoms with Crippen LogP contribution in [0.3, 0.4) is 0 Å². The highest BCUT2D eigenvalue weighted by molar-refractivity contribution is 6.32. The van der Waals surface area contributed by atoms with E-state index in [-0.39, 0.29) is 5.92 Å². The molecular weight excluding hydrogens is 212 g/mol. The molecule has 0 aliphatic heterocycles. The van der Waals surface area contributed by atoms with E-state index in [1.165, 1.54) is 6.42 Å². The van der Waals surface area contributed by atoms with E-state index in [1.807, 2.05) is 14.0 Å². The number of halogens is 1. The number of Topliss-reactive ketones (excluding diaryl/α,β-unsaturated/α-hetero) is 1. The van der Waals surface area contributed by atoms with Gasteiger partial charge in [0.2, 0.25) is 0 Å². The van der Waals surface area contributed by atoms with Crippen molar-refractivity contribution in [1.29, 1.82) is 0 Å². The number of carbonyl (C=O) groups is 1. The molecule has 1 aromatic rings. The first-order chi connectivity index (χ1) is 7.09. The van der Waals surface area contributed by atoms with E-state index in [1.54, 1.807) is 4.68 Å². The van der Waals surface area contributed by atoms with Crippen LogP contribution in [0.15, 0.2) is 0 Å². The van der Waals surface area contributed by atoms with Gasteiger partial charge >= 0.3 is 0 Å². The third kappa shape index (κ3) is 1.93. The molecule has 1 aromatic heterocycles. The number of rotatable bonds is 3. The molecule has 0 bridgehead atoms. The first-order valence-corrected chi connectivity index (χ1v) is 5.68. The summed E-state index contributed by atoms with van der Waals surface area (Å²) < 4.78 is 1.72. The fraction of sp³-hybridized carbons (Fsp3) is 0.636. The normalized spacial score (nSPS) is 16.5. The topological polar surface area (TPSA) is 34.9 Å². The Morgan fingerprint density at radius 1 is 1.60 bits per heavy atom.